The van der Waals surface area contributed by atoms with Crippen LogP contribution in [0, 0.1) is 0 Å². The van der Waals surface area contributed by atoms with Crippen molar-refractivity contribution < 1.29 is 0 Å². The molecular formula is C122H73N9S. The Kier molecular flexibility index (Phi) is 16.2. The van der Waals surface area contributed by atoms with Gasteiger partial charge in [0.15, 0.2) is 11.6 Å². The summed E-state index contributed by atoms with van der Waals surface area (Å²) in [5.74, 6) is 1.42. The molecule has 29 aromatic rings. The van der Waals surface area contributed by atoms with E-state index in [0.29, 0.717) is 5.82 Å². The predicted octanol–water partition coefficient (Wildman–Crippen LogP) is 32.4. The number of hydrogen-bond donors (Lipinski definition) is 0. The van der Waals surface area contributed by atoms with E-state index in [0.717, 1.165) is 111 Å². The van der Waals surface area contributed by atoms with Gasteiger partial charge in [-0.2, -0.15) is 0 Å². The summed E-state index contributed by atoms with van der Waals surface area (Å²) in [6.45, 7) is 0. The zero-order valence-corrected chi connectivity index (χ0v) is 71.9. The van der Waals surface area contributed by atoms with Crippen LogP contribution < -0.4 is 0 Å². The van der Waals surface area contributed by atoms with Gasteiger partial charge in [0.1, 0.15) is 0 Å². The lowest BCUT2D eigenvalue weighted by Crippen LogP contribution is -1.98. The summed E-state index contributed by atoms with van der Waals surface area (Å²) in [6, 6.07) is 160. The highest BCUT2D eigenvalue weighted by Gasteiger charge is 2.28. The number of fused-ring (bicyclic) bond motifs is 24. The maximum Gasteiger partial charge on any atom is 0.160 e. The van der Waals surface area contributed by atoms with Crippen LogP contribution in [0.3, 0.4) is 0 Å². The number of para-hydroxylation sites is 10. The molecule has 0 aliphatic carbocycles. The van der Waals surface area contributed by atoms with Gasteiger partial charge in [-0.05, 0) is 166 Å². The number of rotatable bonds is 9. The van der Waals surface area contributed by atoms with Crippen LogP contribution in [-0.2, 0) is 0 Å². The number of thiophene rings is 1. The van der Waals surface area contributed by atoms with Crippen LogP contribution in [0.2, 0.25) is 0 Å². The summed E-state index contributed by atoms with van der Waals surface area (Å²) >= 11 is 1.83. The second-order valence-electron chi connectivity index (χ2n) is 34.6. The number of benzene rings is 21. The van der Waals surface area contributed by atoms with Crippen molar-refractivity contribution in [3.05, 3.63) is 443 Å². The highest BCUT2D eigenvalue weighted by atomic mass is 32.1. The molecule has 0 aliphatic heterocycles. The van der Waals surface area contributed by atoms with Crippen LogP contribution >= 0.6 is 11.3 Å². The summed E-state index contributed by atoms with van der Waals surface area (Å²) in [4.78, 5) is 21.3. The van der Waals surface area contributed by atoms with E-state index in [1.807, 2.05) is 11.3 Å². The fourth-order valence-corrected chi connectivity index (χ4v) is 22.9. The Morgan fingerprint density at radius 2 is 0.508 bits per heavy atom. The van der Waals surface area contributed by atoms with E-state index >= 15 is 0 Å². The summed E-state index contributed by atoms with van der Waals surface area (Å²) in [7, 11) is 0. The Labute approximate surface area is 759 Å². The van der Waals surface area contributed by atoms with Crippen LogP contribution in [0.25, 0.3) is 268 Å². The van der Waals surface area contributed by atoms with Crippen molar-refractivity contribution in [2.75, 3.05) is 0 Å². The first-order valence-corrected chi connectivity index (χ1v) is 45.8. The summed E-state index contributed by atoms with van der Waals surface area (Å²) in [5.41, 5.74) is 25.5. The van der Waals surface area contributed by atoms with E-state index in [9.17, 15) is 0 Å². The third-order valence-corrected chi connectivity index (χ3v) is 28.6. The lowest BCUT2D eigenvalue weighted by Gasteiger charge is -2.15. The summed E-state index contributed by atoms with van der Waals surface area (Å²) < 4.78 is 14.8. The van der Waals surface area contributed by atoms with E-state index in [1.165, 1.54) is 151 Å². The lowest BCUT2D eigenvalue weighted by molar-refractivity contribution is 1.18. The smallest absolute Gasteiger partial charge is 0.160 e. The average Bonchev–Trinajstić information content (AvgIpc) is 1.52. The highest BCUT2D eigenvalue weighted by molar-refractivity contribution is 7.26. The molecule has 10 heteroatoms. The maximum atomic E-state index is 5.48. The zero-order chi connectivity index (χ0) is 86.3. The van der Waals surface area contributed by atoms with Crippen molar-refractivity contribution in [1.29, 1.82) is 0 Å². The van der Waals surface area contributed by atoms with Crippen molar-refractivity contribution in [2.24, 2.45) is 0 Å². The van der Waals surface area contributed by atoms with Gasteiger partial charge in [0, 0.05) is 135 Å². The van der Waals surface area contributed by atoms with Crippen LogP contribution in [0.4, 0.5) is 0 Å². The largest absolute Gasteiger partial charge is 0.309 e. The molecule has 0 fully saturated rings. The molecule has 0 bridgehead atoms. The van der Waals surface area contributed by atoms with E-state index < -0.39 is 0 Å². The Bertz CT molecular complexity index is 9870. The fourth-order valence-electron chi connectivity index (χ4n) is 21.8. The first-order chi connectivity index (χ1) is 65.5. The second-order valence-corrected chi connectivity index (χ2v) is 35.7. The van der Waals surface area contributed by atoms with Gasteiger partial charge in [-0.1, -0.05) is 309 Å². The molecule has 21 aromatic carbocycles. The Morgan fingerprint density at radius 3 is 0.977 bits per heavy atom. The molecule has 132 heavy (non-hydrogen) atoms. The van der Waals surface area contributed by atoms with E-state index in [1.54, 1.807) is 0 Å². The molecule has 8 heterocycles. The normalized spacial score (nSPS) is 12.1. The van der Waals surface area contributed by atoms with Crippen LogP contribution in [0.5, 0.6) is 0 Å². The first-order valence-electron chi connectivity index (χ1n) is 45.0. The second kappa shape index (κ2) is 29.0. The minimum Gasteiger partial charge on any atom is -0.309 e. The Balaban J connectivity index is 0.000000133. The van der Waals surface area contributed by atoms with Gasteiger partial charge in [-0.3, -0.25) is 0 Å². The molecule has 29 rings (SSSR count). The molecule has 0 spiro atoms. The molecule has 0 atom stereocenters. The number of hydrogen-bond acceptors (Lipinski definition) is 5. The molecule has 0 saturated carbocycles. The molecule has 0 amide bonds. The van der Waals surface area contributed by atoms with Crippen molar-refractivity contribution in [2.45, 2.75) is 0 Å². The summed E-state index contributed by atoms with van der Waals surface area (Å²) in [6.07, 6.45) is 0. The SMILES string of the molecule is c1ccc(-n2c3ccccc3c3c(-c4nc(-c5ccc6cc(-n7c8ccccc8c8c(-n9c%10ccccc%10c%10ccccc%109)c9ccccc9cc87)ccc6c5)nc5ccccc45)cccc32)cc1.c1ccc2c(-n3c4ccccc4c4ccccc43)c3c4ccccc4n(-c4ccc5cc(-c6nc(-c7cccc8sc9ccccc9c78)c7ccccc7n6)ccc5c4)c3cc2c1. The zero-order valence-electron chi connectivity index (χ0n) is 71.1. The maximum absolute atomic E-state index is 5.48. The monoisotopic (exact) mass is 1700 g/mol. The van der Waals surface area contributed by atoms with Gasteiger partial charge in [-0.25, -0.2) is 19.9 Å². The average molecular weight is 1700 g/mol. The molecule has 9 nitrogen and oxygen atoms in total. The predicted molar refractivity (Wildman–Crippen MR) is 555 cm³/mol. The Morgan fingerprint density at radius 1 is 0.174 bits per heavy atom. The van der Waals surface area contributed by atoms with Gasteiger partial charge >= 0.3 is 0 Å². The highest BCUT2D eigenvalue weighted by Crippen LogP contribution is 2.50. The minimum atomic E-state index is 0.699. The third kappa shape index (κ3) is 11.1. The standard InChI is InChI=1S/C64H39N5.C58H34N4S/c1-2-18-44(19-3-1)67-56-30-14-9-24-50(56)60-52(26-16-32-58(60)67)62-49-23-6-11-27-53(49)65-64(66-62)43-34-33-41-38-45(36-35-40(41)37-43)68-57-31-15-10-25-51(57)61-59(68)39-42-17-4-5-20-46(42)63(61)69-54-28-12-7-21-47(54)48-22-8-13-29-55(48)69;1-2-15-40-37(14-1)34-51-55(57(40)62-48-23-9-4-16-41(48)42-17-5-10-24-49(42)62)44-19-6-11-25-50(44)61(51)39-31-30-35-32-38(29-28-36(35)33-39)58-59-47-22-8-3-18-43(47)56(60-58)46-21-13-27-53-54(46)45-20-7-12-26-52(45)63-53/h1-39H;1-34H. The van der Waals surface area contributed by atoms with Crippen molar-refractivity contribution in [3.8, 4) is 73.7 Å². The van der Waals surface area contributed by atoms with Gasteiger partial charge in [0.05, 0.1) is 89.0 Å². The van der Waals surface area contributed by atoms with Crippen LogP contribution in [0.1, 0.15) is 0 Å². The molecule has 612 valence electrons. The molecule has 0 saturated heterocycles. The third-order valence-electron chi connectivity index (χ3n) is 27.4. The quantitative estimate of drug-likeness (QED) is 0.144. The van der Waals surface area contributed by atoms with Crippen LogP contribution in [-0.4, -0.2) is 42.8 Å². The van der Waals surface area contributed by atoms with Gasteiger partial charge < -0.3 is 22.8 Å². The number of nitrogens with zero attached hydrogens (tertiary/aromatic N) is 9. The molecule has 0 radical (unpaired) electrons. The van der Waals surface area contributed by atoms with E-state index in [4.69, 9.17) is 19.9 Å². The van der Waals surface area contributed by atoms with E-state index in [2.05, 4.69) is 466 Å². The van der Waals surface area contributed by atoms with Gasteiger partial charge in [-0.15, -0.1) is 11.3 Å². The van der Waals surface area contributed by atoms with Crippen molar-refractivity contribution >= 4 is 205 Å². The minimum absolute atomic E-state index is 0.699. The molecule has 0 unspecified atom stereocenters. The molecule has 8 aromatic heterocycles. The van der Waals surface area contributed by atoms with Gasteiger partial charge in [0.25, 0.3) is 0 Å². The van der Waals surface area contributed by atoms with Crippen molar-refractivity contribution in [1.82, 2.24) is 42.8 Å². The topological polar surface area (TPSA) is 76.2 Å². The Hall–Kier alpha value is -17.4. The molecular weight excluding hydrogens is 1620 g/mol. The molecule has 0 aliphatic rings. The number of aromatic nitrogens is 9. The van der Waals surface area contributed by atoms with Gasteiger partial charge in [0.2, 0.25) is 0 Å². The first kappa shape index (κ1) is 73.7. The fraction of sp³-hybridized carbons (Fsp3) is 0. The van der Waals surface area contributed by atoms with E-state index in [-0.39, 0.29) is 0 Å². The van der Waals surface area contributed by atoms with Crippen molar-refractivity contribution in [3.63, 3.8) is 0 Å². The lowest BCUT2D eigenvalue weighted by atomic mass is 9.99. The summed E-state index contributed by atoms with van der Waals surface area (Å²) in [5, 5.41) is 26.3. The molecule has 0 N–H and O–H groups in total. The van der Waals surface area contributed by atoms with Crippen LogP contribution in [0.15, 0.2) is 443 Å².